The van der Waals surface area contributed by atoms with Crippen molar-refractivity contribution in [2.24, 2.45) is 0 Å². The molecule has 2 aliphatic heterocycles. The lowest BCUT2D eigenvalue weighted by Gasteiger charge is -2.50. The van der Waals surface area contributed by atoms with Crippen molar-refractivity contribution in [3.8, 4) is 0 Å². The van der Waals surface area contributed by atoms with Crippen molar-refractivity contribution < 1.29 is 13.2 Å². The molecule has 2 aliphatic rings. The van der Waals surface area contributed by atoms with Crippen LogP contribution in [0.2, 0.25) is 0 Å². The van der Waals surface area contributed by atoms with Crippen molar-refractivity contribution in [3.05, 3.63) is 23.5 Å². The van der Waals surface area contributed by atoms with Gasteiger partial charge in [-0.3, -0.25) is 4.90 Å². The highest BCUT2D eigenvalue weighted by molar-refractivity contribution is 5.85. The predicted octanol–water partition coefficient (Wildman–Crippen LogP) is 3.26. The van der Waals surface area contributed by atoms with Gasteiger partial charge in [0.1, 0.15) is 5.69 Å². The van der Waals surface area contributed by atoms with Crippen molar-refractivity contribution >= 4 is 24.8 Å². The second-order valence-electron chi connectivity index (χ2n) is 5.61. The van der Waals surface area contributed by atoms with Gasteiger partial charge in [-0.1, -0.05) is 6.92 Å². The third-order valence-corrected chi connectivity index (χ3v) is 4.76. The second kappa shape index (κ2) is 6.99. The Hall–Kier alpha value is -0.430. The molecule has 1 aromatic heterocycles. The summed E-state index contributed by atoms with van der Waals surface area (Å²) in [6.07, 6.45) is -2.51. The number of halogens is 5. The Kier molecular flexibility index (Phi) is 6.23. The number of alkyl halides is 3. The van der Waals surface area contributed by atoms with Gasteiger partial charge in [0.05, 0.1) is 5.54 Å². The molecule has 0 aromatic carbocycles. The van der Waals surface area contributed by atoms with E-state index in [2.05, 4.69) is 17.1 Å². The number of piperidine rings is 1. The molecule has 22 heavy (non-hydrogen) atoms. The fraction of sp³-hybridized carbons (Fsp3) is 0.714. The first-order valence-electron chi connectivity index (χ1n) is 7.22. The molecule has 0 amide bonds. The molecule has 3 heterocycles. The summed E-state index contributed by atoms with van der Waals surface area (Å²) in [6.45, 7) is 5.83. The van der Waals surface area contributed by atoms with Gasteiger partial charge < -0.3 is 9.88 Å². The summed E-state index contributed by atoms with van der Waals surface area (Å²) in [5.74, 6) is 0. The quantitative estimate of drug-likeness (QED) is 0.830. The largest absolute Gasteiger partial charge is 0.431 e. The molecule has 0 atom stereocenters. The lowest BCUT2D eigenvalue weighted by molar-refractivity contribution is -0.144. The summed E-state index contributed by atoms with van der Waals surface area (Å²) in [5.41, 5.74) is 0.127. The SMILES string of the molecule is CCN1CCn2c(C(F)(F)F)ccc2C12CCNCC2.Cl.Cl. The van der Waals surface area contributed by atoms with E-state index in [0.717, 1.165) is 38.2 Å². The smallest absolute Gasteiger partial charge is 0.338 e. The molecule has 128 valence electrons. The molecular weight excluding hydrogens is 338 g/mol. The van der Waals surface area contributed by atoms with Crippen LogP contribution in [0.1, 0.15) is 31.2 Å². The molecular formula is C14H22Cl2F3N3. The van der Waals surface area contributed by atoms with E-state index >= 15 is 0 Å². The first kappa shape index (κ1) is 19.6. The Morgan fingerprint density at radius 1 is 1.14 bits per heavy atom. The molecule has 1 fully saturated rings. The minimum Gasteiger partial charge on any atom is -0.338 e. The van der Waals surface area contributed by atoms with Crippen LogP contribution in [0.4, 0.5) is 13.2 Å². The third kappa shape index (κ3) is 2.98. The Morgan fingerprint density at radius 3 is 2.32 bits per heavy atom. The summed E-state index contributed by atoms with van der Waals surface area (Å²) >= 11 is 0. The molecule has 3 nitrogen and oxygen atoms in total. The number of fused-ring (bicyclic) bond motifs is 2. The van der Waals surface area contributed by atoms with Crippen LogP contribution in [0.5, 0.6) is 0 Å². The summed E-state index contributed by atoms with van der Waals surface area (Å²) in [4.78, 5) is 2.35. The van der Waals surface area contributed by atoms with Crippen LogP contribution in [0, 0.1) is 0 Å². The van der Waals surface area contributed by atoms with Gasteiger partial charge in [0.2, 0.25) is 0 Å². The van der Waals surface area contributed by atoms with E-state index in [1.165, 1.54) is 10.6 Å². The maximum atomic E-state index is 13.1. The summed E-state index contributed by atoms with van der Waals surface area (Å²) in [6, 6.07) is 2.94. The average Bonchev–Trinajstić information content (AvgIpc) is 2.85. The molecule has 1 N–H and O–H groups in total. The van der Waals surface area contributed by atoms with Gasteiger partial charge >= 0.3 is 6.18 Å². The highest BCUT2D eigenvalue weighted by Crippen LogP contribution is 2.43. The summed E-state index contributed by atoms with van der Waals surface area (Å²) in [5, 5.41) is 3.31. The van der Waals surface area contributed by atoms with E-state index in [1.807, 2.05) is 0 Å². The van der Waals surface area contributed by atoms with Gasteiger partial charge in [0.15, 0.2) is 0 Å². The highest BCUT2D eigenvalue weighted by atomic mass is 35.5. The van der Waals surface area contributed by atoms with Crippen molar-refractivity contribution in [1.82, 2.24) is 14.8 Å². The fourth-order valence-corrected chi connectivity index (χ4v) is 3.83. The standard InChI is InChI=1S/C14H20F3N3.2ClH/c1-2-19-9-10-20-11(3-4-12(20)14(15,16)17)13(19)5-7-18-8-6-13;;/h3-4,18H,2,5-10H2,1H3;2*1H. The second-order valence-corrected chi connectivity index (χ2v) is 5.61. The van der Waals surface area contributed by atoms with E-state index in [0.29, 0.717) is 13.1 Å². The topological polar surface area (TPSA) is 20.2 Å². The van der Waals surface area contributed by atoms with Crippen molar-refractivity contribution in [1.29, 1.82) is 0 Å². The van der Waals surface area contributed by atoms with Gasteiger partial charge in [0.25, 0.3) is 0 Å². The number of rotatable bonds is 1. The van der Waals surface area contributed by atoms with Crippen LogP contribution in [-0.2, 0) is 18.3 Å². The monoisotopic (exact) mass is 359 g/mol. The molecule has 0 unspecified atom stereocenters. The molecule has 0 radical (unpaired) electrons. The minimum atomic E-state index is -4.26. The lowest BCUT2D eigenvalue weighted by atomic mass is 9.82. The average molecular weight is 360 g/mol. The highest BCUT2D eigenvalue weighted by Gasteiger charge is 2.46. The Morgan fingerprint density at radius 2 is 1.77 bits per heavy atom. The number of hydrogen-bond acceptors (Lipinski definition) is 2. The van der Waals surface area contributed by atoms with Gasteiger partial charge in [0, 0.05) is 18.8 Å². The van der Waals surface area contributed by atoms with Crippen molar-refractivity contribution in [2.45, 2.75) is 38.0 Å². The number of nitrogens with one attached hydrogen (secondary N) is 1. The molecule has 0 aliphatic carbocycles. The van der Waals surface area contributed by atoms with E-state index in [9.17, 15) is 13.2 Å². The van der Waals surface area contributed by atoms with Crippen molar-refractivity contribution in [2.75, 3.05) is 26.2 Å². The Labute approximate surface area is 141 Å². The zero-order valence-electron chi connectivity index (χ0n) is 12.4. The molecule has 0 saturated carbocycles. The van der Waals surface area contributed by atoms with Gasteiger partial charge in [-0.2, -0.15) is 13.2 Å². The van der Waals surface area contributed by atoms with Crippen LogP contribution in [0.15, 0.2) is 12.1 Å². The lowest BCUT2D eigenvalue weighted by Crippen LogP contribution is -2.56. The van der Waals surface area contributed by atoms with Crippen molar-refractivity contribution in [3.63, 3.8) is 0 Å². The third-order valence-electron chi connectivity index (χ3n) is 4.76. The maximum Gasteiger partial charge on any atom is 0.431 e. The number of nitrogens with zero attached hydrogens (tertiary/aromatic N) is 2. The summed E-state index contributed by atoms with van der Waals surface area (Å²) in [7, 11) is 0. The van der Waals surface area contributed by atoms with E-state index in [4.69, 9.17) is 0 Å². The van der Waals surface area contributed by atoms with Crippen LogP contribution >= 0.6 is 24.8 Å². The fourth-order valence-electron chi connectivity index (χ4n) is 3.83. The van der Waals surface area contributed by atoms with Crippen LogP contribution < -0.4 is 5.32 Å². The zero-order chi connectivity index (χ0) is 14.4. The van der Waals surface area contributed by atoms with E-state index in [-0.39, 0.29) is 30.4 Å². The van der Waals surface area contributed by atoms with Gasteiger partial charge in [-0.25, -0.2) is 0 Å². The minimum absolute atomic E-state index is 0. The van der Waals surface area contributed by atoms with Gasteiger partial charge in [-0.05, 0) is 44.6 Å². The number of hydrogen-bond donors (Lipinski definition) is 1. The zero-order valence-corrected chi connectivity index (χ0v) is 14.1. The van der Waals surface area contributed by atoms with Gasteiger partial charge in [-0.15, -0.1) is 24.8 Å². The molecule has 1 aromatic rings. The molecule has 8 heteroatoms. The van der Waals surface area contributed by atoms with E-state index in [1.54, 1.807) is 6.07 Å². The molecule has 1 saturated heterocycles. The molecule has 1 spiro atoms. The molecule has 0 bridgehead atoms. The number of likely N-dealkylation sites (N-methyl/N-ethyl adjacent to an activating group) is 1. The molecule has 3 rings (SSSR count). The van der Waals surface area contributed by atoms with Crippen LogP contribution in [0.3, 0.4) is 0 Å². The number of aromatic nitrogens is 1. The van der Waals surface area contributed by atoms with Crippen LogP contribution in [-0.4, -0.2) is 35.6 Å². The predicted molar refractivity (Wildman–Crippen MR) is 85.0 cm³/mol. The first-order chi connectivity index (χ1) is 9.49. The normalized spacial score (nSPS) is 20.9. The van der Waals surface area contributed by atoms with Crippen LogP contribution in [0.25, 0.3) is 0 Å². The van der Waals surface area contributed by atoms with E-state index < -0.39 is 11.9 Å². The Bertz CT molecular complexity index is 496. The maximum absolute atomic E-state index is 13.1. The first-order valence-corrected chi connectivity index (χ1v) is 7.22. The Balaban J connectivity index is 0.00000121. The summed E-state index contributed by atoms with van der Waals surface area (Å²) < 4.78 is 40.8.